The van der Waals surface area contributed by atoms with Crippen LogP contribution in [0.3, 0.4) is 0 Å². The van der Waals surface area contributed by atoms with Gasteiger partial charge in [0.25, 0.3) is 0 Å². The summed E-state index contributed by atoms with van der Waals surface area (Å²) >= 11 is 0. The highest BCUT2D eigenvalue weighted by Gasteiger charge is 2.32. The Morgan fingerprint density at radius 1 is 1.39 bits per heavy atom. The van der Waals surface area contributed by atoms with Crippen molar-refractivity contribution >= 4 is 15.7 Å². The highest BCUT2D eigenvalue weighted by atomic mass is 32.2. The largest absolute Gasteiger partial charge is 0.342 e. The van der Waals surface area contributed by atoms with Gasteiger partial charge in [-0.05, 0) is 32.2 Å². The van der Waals surface area contributed by atoms with Crippen molar-refractivity contribution in [3.63, 3.8) is 0 Å². The summed E-state index contributed by atoms with van der Waals surface area (Å²) in [5.41, 5.74) is 0. The molecule has 0 bridgehead atoms. The number of rotatable bonds is 4. The van der Waals surface area contributed by atoms with Crippen LogP contribution in [0.4, 0.5) is 0 Å². The van der Waals surface area contributed by atoms with Crippen LogP contribution in [-0.4, -0.2) is 56.4 Å². The predicted octanol–water partition coefficient (Wildman–Crippen LogP) is 0.164. The molecule has 0 radical (unpaired) electrons. The van der Waals surface area contributed by atoms with Crippen molar-refractivity contribution in [3.05, 3.63) is 0 Å². The number of nitrogens with one attached hydrogen (secondary N) is 1. The molecule has 2 aliphatic heterocycles. The number of amides is 1. The Balaban J connectivity index is 1.78. The summed E-state index contributed by atoms with van der Waals surface area (Å²) in [4.78, 5) is 13.6. The van der Waals surface area contributed by atoms with E-state index in [1.54, 1.807) is 11.9 Å². The van der Waals surface area contributed by atoms with Gasteiger partial charge in [0.05, 0.1) is 11.5 Å². The van der Waals surface area contributed by atoms with Crippen molar-refractivity contribution in [2.24, 2.45) is 0 Å². The van der Waals surface area contributed by atoms with Gasteiger partial charge in [-0.15, -0.1) is 0 Å². The molecule has 0 saturated carbocycles. The van der Waals surface area contributed by atoms with E-state index in [0.717, 1.165) is 19.4 Å². The van der Waals surface area contributed by atoms with Crippen LogP contribution in [0.2, 0.25) is 0 Å². The molecule has 5 nitrogen and oxygen atoms in total. The minimum atomic E-state index is -2.91. The van der Waals surface area contributed by atoms with Crippen LogP contribution in [0, 0.1) is 0 Å². The Bertz CT molecular complexity index is 402. The zero-order valence-corrected chi connectivity index (χ0v) is 11.7. The molecule has 6 heteroatoms. The molecular formula is C12H22N2O3S. The van der Waals surface area contributed by atoms with Gasteiger partial charge in [0, 0.05) is 25.6 Å². The third-order valence-corrected chi connectivity index (χ3v) is 5.77. The van der Waals surface area contributed by atoms with E-state index < -0.39 is 9.84 Å². The maximum Gasteiger partial charge on any atom is 0.222 e. The lowest BCUT2D eigenvalue weighted by Crippen LogP contribution is -2.38. The molecule has 0 aromatic rings. The second kappa shape index (κ2) is 5.57. The van der Waals surface area contributed by atoms with Gasteiger partial charge in [0.1, 0.15) is 0 Å². The fraction of sp³-hybridized carbons (Fsp3) is 0.917. The van der Waals surface area contributed by atoms with Crippen LogP contribution in [-0.2, 0) is 14.6 Å². The minimum Gasteiger partial charge on any atom is -0.342 e. The molecule has 1 N–H and O–H groups in total. The lowest BCUT2D eigenvalue weighted by Gasteiger charge is -2.24. The normalized spacial score (nSPS) is 30.5. The molecule has 2 rings (SSSR count). The first-order chi connectivity index (χ1) is 8.48. The smallest absolute Gasteiger partial charge is 0.222 e. The van der Waals surface area contributed by atoms with Gasteiger partial charge in [-0.25, -0.2) is 8.42 Å². The molecule has 18 heavy (non-hydrogen) atoms. The summed E-state index contributed by atoms with van der Waals surface area (Å²) < 4.78 is 22.8. The average molecular weight is 274 g/mol. The summed E-state index contributed by atoms with van der Waals surface area (Å²) in [5.74, 6) is 0.432. The van der Waals surface area contributed by atoms with Gasteiger partial charge in [-0.3, -0.25) is 4.79 Å². The zero-order chi connectivity index (χ0) is 13.2. The monoisotopic (exact) mass is 274 g/mol. The molecule has 0 aliphatic carbocycles. The van der Waals surface area contributed by atoms with Crippen molar-refractivity contribution in [3.8, 4) is 0 Å². The topological polar surface area (TPSA) is 66.5 Å². The summed E-state index contributed by atoms with van der Waals surface area (Å²) in [6.45, 7) is 1.05. The van der Waals surface area contributed by atoms with Crippen LogP contribution >= 0.6 is 0 Å². The highest BCUT2D eigenvalue weighted by molar-refractivity contribution is 7.91. The van der Waals surface area contributed by atoms with Gasteiger partial charge in [-0.1, -0.05) is 0 Å². The lowest BCUT2D eigenvalue weighted by atomic mass is 10.1. The van der Waals surface area contributed by atoms with E-state index in [1.807, 2.05) is 0 Å². The standard InChI is InChI=1S/C12H22N2O3S/c1-14(11-6-8-18(16,17)9-11)12(15)5-4-10-3-2-7-13-10/h10-11,13H,2-9H2,1H3. The van der Waals surface area contributed by atoms with Crippen molar-refractivity contribution in [1.82, 2.24) is 10.2 Å². The third-order valence-electron chi connectivity index (χ3n) is 4.02. The fourth-order valence-electron chi connectivity index (χ4n) is 2.76. The number of nitrogens with zero attached hydrogens (tertiary/aromatic N) is 1. The maximum atomic E-state index is 12.0. The van der Waals surface area contributed by atoms with E-state index >= 15 is 0 Å². The molecule has 2 aliphatic rings. The molecule has 104 valence electrons. The number of sulfone groups is 1. The minimum absolute atomic E-state index is 0.0748. The second-order valence-electron chi connectivity index (χ2n) is 5.39. The zero-order valence-electron chi connectivity index (χ0n) is 10.9. The molecule has 0 spiro atoms. The molecular weight excluding hydrogens is 252 g/mol. The van der Waals surface area contributed by atoms with Crippen LogP contribution in [0.15, 0.2) is 0 Å². The summed E-state index contributed by atoms with van der Waals surface area (Å²) in [6, 6.07) is 0.355. The molecule has 2 unspecified atom stereocenters. The summed E-state index contributed by atoms with van der Waals surface area (Å²) in [6.07, 6.45) is 4.31. The number of hydrogen-bond donors (Lipinski definition) is 1. The Kier molecular flexibility index (Phi) is 4.27. The van der Waals surface area contributed by atoms with Gasteiger partial charge in [0.2, 0.25) is 5.91 Å². The van der Waals surface area contributed by atoms with Gasteiger partial charge in [0.15, 0.2) is 9.84 Å². The van der Waals surface area contributed by atoms with Crippen molar-refractivity contribution < 1.29 is 13.2 Å². The molecule has 2 saturated heterocycles. The van der Waals surface area contributed by atoms with Crippen molar-refractivity contribution in [2.45, 2.75) is 44.2 Å². The fourth-order valence-corrected chi connectivity index (χ4v) is 4.54. The molecule has 0 aromatic carbocycles. The van der Waals surface area contributed by atoms with E-state index in [9.17, 15) is 13.2 Å². The van der Waals surface area contributed by atoms with E-state index in [2.05, 4.69) is 5.32 Å². The average Bonchev–Trinajstić information content (AvgIpc) is 2.94. The summed E-state index contributed by atoms with van der Waals surface area (Å²) in [7, 11) is -1.18. The van der Waals surface area contributed by atoms with E-state index in [-0.39, 0.29) is 23.5 Å². The Morgan fingerprint density at radius 2 is 2.17 bits per heavy atom. The van der Waals surface area contributed by atoms with Crippen molar-refractivity contribution in [2.75, 3.05) is 25.1 Å². The van der Waals surface area contributed by atoms with Crippen LogP contribution in [0.5, 0.6) is 0 Å². The SMILES string of the molecule is CN(C(=O)CCC1CCCN1)C1CCS(=O)(=O)C1. The Hall–Kier alpha value is -0.620. The first-order valence-corrected chi connectivity index (χ1v) is 8.49. The van der Waals surface area contributed by atoms with Gasteiger partial charge in [-0.2, -0.15) is 0 Å². The van der Waals surface area contributed by atoms with E-state index in [4.69, 9.17) is 0 Å². The van der Waals surface area contributed by atoms with Gasteiger partial charge >= 0.3 is 0 Å². The Morgan fingerprint density at radius 3 is 2.72 bits per heavy atom. The number of carbonyl (C=O) groups is 1. The molecule has 2 heterocycles. The third kappa shape index (κ3) is 3.45. The van der Waals surface area contributed by atoms with Crippen LogP contribution in [0.1, 0.15) is 32.1 Å². The highest BCUT2D eigenvalue weighted by Crippen LogP contribution is 2.18. The number of hydrogen-bond acceptors (Lipinski definition) is 4. The van der Waals surface area contributed by atoms with Crippen LogP contribution < -0.4 is 5.32 Å². The molecule has 2 atom stereocenters. The lowest BCUT2D eigenvalue weighted by molar-refractivity contribution is -0.131. The maximum absolute atomic E-state index is 12.0. The molecule has 0 aromatic heterocycles. The van der Waals surface area contributed by atoms with Crippen LogP contribution in [0.25, 0.3) is 0 Å². The van der Waals surface area contributed by atoms with E-state index in [0.29, 0.717) is 18.9 Å². The number of carbonyl (C=O) groups excluding carboxylic acids is 1. The van der Waals surface area contributed by atoms with E-state index in [1.165, 1.54) is 6.42 Å². The second-order valence-corrected chi connectivity index (χ2v) is 7.62. The predicted molar refractivity (Wildman–Crippen MR) is 70.1 cm³/mol. The summed E-state index contributed by atoms with van der Waals surface area (Å²) in [5, 5.41) is 3.37. The molecule has 1 amide bonds. The first kappa shape index (κ1) is 13.8. The quantitative estimate of drug-likeness (QED) is 0.793. The van der Waals surface area contributed by atoms with Gasteiger partial charge < -0.3 is 10.2 Å². The van der Waals surface area contributed by atoms with Crippen molar-refractivity contribution in [1.29, 1.82) is 0 Å². The Labute approximate surface area is 109 Å². The molecule has 2 fully saturated rings. The first-order valence-electron chi connectivity index (χ1n) is 6.67.